The van der Waals surface area contributed by atoms with Crippen LogP contribution in [-0.2, 0) is 11.8 Å². The van der Waals surface area contributed by atoms with Crippen molar-refractivity contribution in [3.63, 3.8) is 0 Å². The minimum atomic E-state index is -0.330. The lowest BCUT2D eigenvalue weighted by Crippen LogP contribution is -2.28. The summed E-state index contributed by atoms with van der Waals surface area (Å²) in [5.41, 5.74) is 4.53. The quantitative estimate of drug-likeness (QED) is 0.546. The Morgan fingerprint density at radius 2 is 1.74 bits per heavy atom. The van der Waals surface area contributed by atoms with Gasteiger partial charge in [-0.15, -0.1) is 10.2 Å². The number of nitrogens with one attached hydrogen (secondary N) is 2. The summed E-state index contributed by atoms with van der Waals surface area (Å²) < 4.78 is 1.80. The van der Waals surface area contributed by atoms with E-state index in [4.69, 9.17) is 0 Å². The van der Waals surface area contributed by atoms with Crippen LogP contribution in [0, 0.1) is 20.8 Å². The molecule has 2 amide bonds. The van der Waals surface area contributed by atoms with Gasteiger partial charge in [0.2, 0.25) is 5.91 Å². The molecule has 7 nitrogen and oxygen atoms in total. The highest BCUT2D eigenvalue weighted by Gasteiger charge is 2.19. The molecule has 8 heteroatoms. The van der Waals surface area contributed by atoms with Crippen molar-refractivity contribution in [2.45, 2.75) is 38.9 Å². The van der Waals surface area contributed by atoms with Gasteiger partial charge < -0.3 is 15.2 Å². The van der Waals surface area contributed by atoms with Crippen LogP contribution < -0.4 is 10.6 Å². The van der Waals surface area contributed by atoms with Crippen LogP contribution in [0.3, 0.4) is 0 Å². The summed E-state index contributed by atoms with van der Waals surface area (Å²) in [6, 6.07) is 13.0. The lowest BCUT2D eigenvalue weighted by atomic mass is 10.1. The number of anilines is 1. The van der Waals surface area contributed by atoms with E-state index in [0.717, 1.165) is 22.4 Å². The zero-order valence-electron chi connectivity index (χ0n) is 18.4. The van der Waals surface area contributed by atoms with E-state index < -0.39 is 0 Å². The third-order valence-electron chi connectivity index (χ3n) is 4.96. The van der Waals surface area contributed by atoms with Crippen LogP contribution in [0.2, 0.25) is 0 Å². The number of aryl methyl sites for hydroxylation is 3. The number of carbonyl (C=O) groups excluding carboxylic acids is 2. The van der Waals surface area contributed by atoms with Crippen molar-refractivity contribution < 1.29 is 9.59 Å². The second-order valence-electron chi connectivity index (χ2n) is 7.57. The number of carbonyl (C=O) groups is 2. The smallest absolute Gasteiger partial charge is 0.251 e. The van der Waals surface area contributed by atoms with E-state index in [9.17, 15) is 9.59 Å². The third kappa shape index (κ3) is 5.52. The summed E-state index contributed by atoms with van der Waals surface area (Å²) in [6.45, 7) is 7.75. The second-order valence-corrected chi connectivity index (χ2v) is 8.51. The van der Waals surface area contributed by atoms with Crippen LogP contribution in [-0.4, -0.2) is 32.3 Å². The van der Waals surface area contributed by atoms with Crippen molar-refractivity contribution in [1.82, 2.24) is 20.1 Å². The lowest BCUT2D eigenvalue weighted by molar-refractivity contribution is -0.113. The van der Waals surface area contributed by atoms with E-state index in [1.54, 1.807) is 10.6 Å². The number of benzene rings is 2. The summed E-state index contributed by atoms with van der Waals surface area (Å²) >= 11 is 1.31. The monoisotopic (exact) mass is 437 g/mol. The van der Waals surface area contributed by atoms with E-state index in [1.165, 1.54) is 11.8 Å². The van der Waals surface area contributed by atoms with E-state index in [-0.39, 0.29) is 23.6 Å². The number of amides is 2. The number of hydrogen-bond acceptors (Lipinski definition) is 5. The van der Waals surface area contributed by atoms with Gasteiger partial charge in [0, 0.05) is 18.3 Å². The molecule has 0 fully saturated rings. The Bertz CT molecular complexity index is 1090. The van der Waals surface area contributed by atoms with Gasteiger partial charge in [-0.2, -0.15) is 0 Å². The first-order valence-corrected chi connectivity index (χ1v) is 11.0. The van der Waals surface area contributed by atoms with Crippen molar-refractivity contribution in [3.05, 3.63) is 70.5 Å². The van der Waals surface area contributed by atoms with Gasteiger partial charge in [-0.05, 0) is 51.0 Å². The number of para-hydroxylation sites is 1. The van der Waals surface area contributed by atoms with Crippen LogP contribution in [0.5, 0.6) is 0 Å². The number of rotatable bonds is 7. The molecule has 2 N–H and O–H groups in total. The van der Waals surface area contributed by atoms with Gasteiger partial charge in [0.15, 0.2) is 11.0 Å². The molecule has 0 radical (unpaired) electrons. The number of nitrogens with zero attached hydrogens (tertiary/aromatic N) is 3. The third-order valence-corrected chi connectivity index (χ3v) is 5.98. The molecule has 0 aliphatic carbocycles. The molecule has 2 aromatic carbocycles. The van der Waals surface area contributed by atoms with Crippen LogP contribution in [0.25, 0.3) is 0 Å². The Hall–Kier alpha value is -3.13. The van der Waals surface area contributed by atoms with Crippen LogP contribution >= 0.6 is 11.8 Å². The summed E-state index contributed by atoms with van der Waals surface area (Å²) in [5.74, 6) is 0.567. The fourth-order valence-electron chi connectivity index (χ4n) is 3.28. The average molecular weight is 438 g/mol. The minimum Gasteiger partial charge on any atom is -0.342 e. The van der Waals surface area contributed by atoms with E-state index in [2.05, 4.69) is 20.8 Å². The highest BCUT2D eigenvalue weighted by Crippen LogP contribution is 2.22. The van der Waals surface area contributed by atoms with Crippen LogP contribution in [0.1, 0.15) is 45.8 Å². The van der Waals surface area contributed by atoms with Crippen molar-refractivity contribution in [1.29, 1.82) is 0 Å². The molecule has 0 saturated heterocycles. The van der Waals surface area contributed by atoms with E-state index in [0.29, 0.717) is 16.5 Å². The molecule has 162 valence electrons. The topological polar surface area (TPSA) is 88.9 Å². The Balaban J connectivity index is 1.60. The highest BCUT2D eigenvalue weighted by molar-refractivity contribution is 7.99. The Kier molecular flexibility index (Phi) is 7.12. The van der Waals surface area contributed by atoms with Gasteiger partial charge in [0.25, 0.3) is 5.91 Å². The highest BCUT2D eigenvalue weighted by atomic mass is 32.2. The molecule has 3 aromatic rings. The maximum Gasteiger partial charge on any atom is 0.251 e. The molecular formula is C23H27N5O2S. The van der Waals surface area contributed by atoms with Crippen LogP contribution in [0.4, 0.5) is 5.69 Å². The first-order valence-electron chi connectivity index (χ1n) is 10.0. The predicted octanol–water partition coefficient (Wildman–Crippen LogP) is 3.96. The minimum absolute atomic E-state index is 0.104. The number of thioether (sulfide) groups is 1. The molecule has 31 heavy (non-hydrogen) atoms. The van der Waals surface area contributed by atoms with Crippen molar-refractivity contribution in [2.75, 3.05) is 11.1 Å². The lowest BCUT2D eigenvalue weighted by Gasteiger charge is -2.14. The van der Waals surface area contributed by atoms with E-state index >= 15 is 0 Å². The van der Waals surface area contributed by atoms with Gasteiger partial charge >= 0.3 is 0 Å². The Morgan fingerprint density at radius 3 is 2.42 bits per heavy atom. The van der Waals surface area contributed by atoms with Crippen molar-refractivity contribution in [3.8, 4) is 0 Å². The fourth-order valence-corrected chi connectivity index (χ4v) is 4.00. The summed E-state index contributed by atoms with van der Waals surface area (Å²) in [6.07, 6.45) is 0. The second kappa shape index (κ2) is 9.78. The molecule has 0 spiro atoms. The van der Waals surface area contributed by atoms with Crippen molar-refractivity contribution >= 4 is 29.3 Å². The Labute approximate surface area is 186 Å². The first kappa shape index (κ1) is 22.6. The van der Waals surface area contributed by atoms with Crippen LogP contribution in [0.15, 0.2) is 47.6 Å². The summed E-state index contributed by atoms with van der Waals surface area (Å²) in [7, 11) is 1.83. The largest absolute Gasteiger partial charge is 0.342 e. The molecule has 0 bridgehead atoms. The molecular weight excluding hydrogens is 410 g/mol. The predicted molar refractivity (Wildman–Crippen MR) is 123 cm³/mol. The SMILES string of the molecule is Cc1cccc(C(=O)N[C@H](C)c2nnc(SCC(=O)Nc3c(C)cccc3C)n2C)c1. The zero-order valence-corrected chi connectivity index (χ0v) is 19.2. The summed E-state index contributed by atoms with van der Waals surface area (Å²) in [5, 5.41) is 14.9. The molecule has 0 aliphatic heterocycles. The molecule has 1 aromatic heterocycles. The van der Waals surface area contributed by atoms with Gasteiger partial charge in [0.1, 0.15) is 0 Å². The fraction of sp³-hybridized carbons (Fsp3) is 0.304. The maximum absolute atomic E-state index is 12.5. The zero-order chi connectivity index (χ0) is 22.5. The molecule has 0 unspecified atom stereocenters. The standard InChI is InChI=1S/C23H27N5O2S/c1-14-8-6-11-18(12-14)22(30)24-17(4)21-26-27-23(28(21)5)31-13-19(29)25-20-15(2)9-7-10-16(20)3/h6-12,17H,13H2,1-5H3,(H,24,30)(H,25,29)/t17-/m1/s1. The Morgan fingerprint density at radius 1 is 1.06 bits per heavy atom. The average Bonchev–Trinajstić information content (AvgIpc) is 3.09. The van der Waals surface area contributed by atoms with Gasteiger partial charge in [-0.1, -0.05) is 47.7 Å². The van der Waals surface area contributed by atoms with Gasteiger partial charge in [0.05, 0.1) is 11.8 Å². The first-order chi connectivity index (χ1) is 14.8. The molecule has 1 atom stereocenters. The molecule has 3 rings (SSSR count). The van der Waals surface area contributed by atoms with Crippen molar-refractivity contribution in [2.24, 2.45) is 7.05 Å². The van der Waals surface area contributed by atoms with Gasteiger partial charge in [-0.25, -0.2) is 0 Å². The number of aromatic nitrogens is 3. The molecule has 0 aliphatic rings. The number of hydrogen-bond donors (Lipinski definition) is 2. The van der Waals surface area contributed by atoms with Gasteiger partial charge in [-0.3, -0.25) is 9.59 Å². The molecule has 1 heterocycles. The normalized spacial score (nSPS) is 11.8. The molecule has 0 saturated carbocycles. The maximum atomic E-state index is 12.5. The summed E-state index contributed by atoms with van der Waals surface area (Å²) in [4.78, 5) is 24.9. The van der Waals surface area contributed by atoms with E-state index in [1.807, 2.05) is 71.1 Å².